The van der Waals surface area contributed by atoms with Crippen LogP contribution in [-0.2, 0) is 9.53 Å². The molecule has 1 fully saturated rings. The summed E-state index contributed by atoms with van der Waals surface area (Å²) < 4.78 is 4.90. The van der Waals surface area contributed by atoms with E-state index in [-0.39, 0.29) is 5.97 Å². The van der Waals surface area contributed by atoms with Crippen molar-refractivity contribution in [1.29, 1.82) is 0 Å². The van der Waals surface area contributed by atoms with Gasteiger partial charge in [-0.05, 0) is 45.2 Å². The predicted octanol–water partition coefficient (Wildman–Crippen LogP) is 1.00. The van der Waals surface area contributed by atoms with Crippen molar-refractivity contribution in [2.75, 3.05) is 33.3 Å². The first-order valence-electron chi connectivity index (χ1n) is 6.16. The molecule has 0 amide bonds. The van der Waals surface area contributed by atoms with E-state index in [1.54, 1.807) is 0 Å². The number of esters is 1. The molecular weight excluding hydrogens is 204 g/mol. The molecule has 1 rings (SSSR count). The summed E-state index contributed by atoms with van der Waals surface area (Å²) in [5, 5.41) is 0. The molecule has 0 spiro atoms. The molecule has 0 aromatic heterocycles. The van der Waals surface area contributed by atoms with Gasteiger partial charge in [0.25, 0.3) is 0 Å². The summed E-state index contributed by atoms with van der Waals surface area (Å²) in [7, 11) is 2.07. The van der Waals surface area contributed by atoms with E-state index in [2.05, 4.69) is 11.9 Å². The smallest absolute Gasteiger partial charge is 0.307 e. The zero-order valence-electron chi connectivity index (χ0n) is 10.5. The molecule has 16 heavy (non-hydrogen) atoms. The van der Waals surface area contributed by atoms with Gasteiger partial charge in [0, 0.05) is 13.1 Å². The summed E-state index contributed by atoms with van der Waals surface area (Å²) >= 11 is 0. The van der Waals surface area contributed by atoms with Gasteiger partial charge in [0.05, 0.1) is 13.0 Å². The number of rotatable bonds is 8. The highest BCUT2D eigenvalue weighted by Crippen LogP contribution is 2.48. The number of hydrogen-bond donors (Lipinski definition) is 1. The molecule has 1 saturated carbocycles. The van der Waals surface area contributed by atoms with Crippen molar-refractivity contribution in [3.63, 3.8) is 0 Å². The van der Waals surface area contributed by atoms with Crippen molar-refractivity contribution in [3.8, 4) is 0 Å². The molecule has 0 radical (unpaired) electrons. The monoisotopic (exact) mass is 228 g/mol. The zero-order chi connectivity index (χ0) is 12.0. The average Bonchev–Trinajstić information content (AvgIpc) is 2.96. The normalized spacial score (nSPS) is 17.5. The van der Waals surface area contributed by atoms with E-state index in [9.17, 15) is 4.79 Å². The van der Waals surface area contributed by atoms with Crippen LogP contribution in [0.25, 0.3) is 0 Å². The van der Waals surface area contributed by atoms with Crippen LogP contribution in [0.2, 0.25) is 0 Å². The molecular formula is C12H24N2O2. The predicted molar refractivity (Wildman–Crippen MR) is 64.1 cm³/mol. The van der Waals surface area contributed by atoms with E-state index in [1.807, 2.05) is 6.92 Å². The topological polar surface area (TPSA) is 55.6 Å². The van der Waals surface area contributed by atoms with Crippen LogP contribution in [0.1, 0.15) is 32.6 Å². The third-order valence-electron chi connectivity index (χ3n) is 3.24. The van der Waals surface area contributed by atoms with Gasteiger partial charge in [0.1, 0.15) is 0 Å². The highest BCUT2D eigenvalue weighted by atomic mass is 16.5. The first-order valence-corrected chi connectivity index (χ1v) is 6.16. The molecule has 0 aromatic carbocycles. The summed E-state index contributed by atoms with van der Waals surface area (Å²) in [6.45, 7) is 4.92. The van der Waals surface area contributed by atoms with Crippen LogP contribution in [0.3, 0.4) is 0 Å². The Balaban J connectivity index is 2.15. The van der Waals surface area contributed by atoms with E-state index >= 15 is 0 Å². The third kappa shape index (κ3) is 4.49. The molecule has 0 aromatic rings. The quantitative estimate of drug-likeness (QED) is 0.630. The Morgan fingerprint density at radius 3 is 2.69 bits per heavy atom. The number of hydrogen-bond acceptors (Lipinski definition) is 4. The SMILES string of the molecule is CCOC(=O)CCN(C)CC1(CCN)CC1. The Kier molecular flexibility index (Phi) is 5.22. The maximum atomic E-state index is 11.2. The minimum atomic E-state index is -0.0991. The second-order valence-corrected chi connectivity index (χ2v) is 4.83. The minimum absolute atomic E-state index is 0.0991. The van der Waals surface area contributed by atoms with Crippen LogP contribution in [0.5, 0.6) is 0 Å². The molecule has 94 valence electrons. The van der Waals surface area contributed by atoms with E-state index in [0.29, 0.717) is 18.4 Å². The fourth-order valence-corrected chi connectivity index (χ4v) is 2.14. The first-order chi connectivity index (χ1) is 7.62. The lowest BCUT2D eigenvalue weighted by atomic mass is 10.0. The van der Waals surface area contributed by atoms with Crippen molar-refractivity contribution in [1.82, 2.24) is 4.90 Å². The molecule has 2 N–H and O–H groups in total. The largest absolute Gasteiger partial charge is 0.466 e. The summed E-state index contributed by atoms with van der Waals surface area (Å²) in [5.74, 6) is -0.0991. The van der Waals surface area contributed by atoms with Crippen LogP contribution < -0.4 is 5.73 Å². The van der Waals surface area contributed by atoms with Gasteiger partial charge in [0.15, 0.2) is 0 Å². The highest BCUT2D eigenvalue weighted by Gasteiger charge is 2.42. The molecule has 4 nitrogen and oxygen atoms in total. The lowest BCUT2D eigenvalue weighted by Gasteiger charge is -2.22. The Bertz CT molecular complexity index is 227. The second kappa shape index (κ2) is 6.21. The Hall–Kier alpha value is -0.610. The molecule has 0 aliphatic heterocycles. The van der Waals surface area contributed by atoms with Crippen molar-refractivity contribution < 1.29 is 9.53 Å². The second-order valence-electron chi connectivity index (χ2n) is 4.83. The number of nitrogens with two attached hydrogens (primary N) is 1. The van der Waals surface area contributed by atoms with Crippen LogP contribution >= 0.6 is 0 Å². The molecule has 4 heteroatoms. The molecule has 0 bridgehead atoms. The minimum Gasteiger partial charge on any atom is -0.466 e. The number of carbonyl (C=O) groups is 1. The highest BCUT2D eigenvalue weighted by molar-refractivity contribution is 5.69. The van der Waals surface area contributed by atoms with Gasteiger partial charge < -0.3 is 15.4 Å². The van der Waals surface area contributed by atoms with Gasteiger partial charge >= 0.3 is 5.97 Å². The zero-order valence-corrected chi connectivity index (χ0v) is 10.5. The average molecular weight is 228 g/mol. The number of nitrogens with zero attached hydrogens (tertiary/aromatic N) is 1. The van der Waals surface area contributed by atoms with E-state index in [4.69, 9.17) is 10.5 Å². The Labute approximate surface area is 98.1 Å². The van der Waals surface area contributed by atoms with Gasteiger partial charge in [-0.15, -0.1) is 0 Å². The summed E-state index contributed by atoms with van der Waals surface area (Å²) in [6, 6.07) is 0. The fourth-order valence-electron chi connectivity index (χ4n) is 2.14. The van der Waals surface area contributed by atoms with E-state index in [0.717, 1.165) is 26.1 Å². The van der Waals surface area contributed by atoms with Gasteiger partial charge in [0.2, 0.25) is 0 Å². The van der Waals surface area contributed by atoms with Gasteiger partial charge in [-0.1, -0.05) is 0 Å². The third-order valence-corrected chi connectivity index (χ3v) is 3.24. The van der Waals surface area contributed by atoms with E-state index in [1.165, 1.54) is 12.8 Å². The maximum absolute atomic E-state index is 11.2. The first kappa shape index (κ1) is 13.5. The lowest BCUT2D eigenvalue weighted by Crippen LogP contribution is -2.30. The number of ether oxygens (including phenoxy) is 1. The van der Waals surface area contributed by atoms with Crippen LogP contribution in [-0.4, -0.2) is 44.2 Å². The lowest BCUT2D eigenvalue weighted by molar-refractivity contribution is -0.143. The molecule has 0 unspecified atom stereocenters. The van der Waals surface area contributed by atoms with Crippen molar-refractivity contribution in [3.05, 3.63) is 0 Å². The van der Waals surface area contributed by atoms with Gasteiger partial charge in [-0.3, -0.25) is 4.79 Å². The van der Waals surface area contributed by atoms with Crippen LogP contribution in [0.15, 0.2) is 0 Å². The number of carbonyl (C=O) groups excluding carboxylic acids is 1. The molecule has 1 aliphatic rings. The van der Waals surface area contributed by atoms with Crippen molar-refractivity contribution in [2.45, 2.75) is 32.6 Å². The van der Waals surface area contributed by atoms with E-state index < -0.39 is 0 Å². The molecule has 1 aliphatic carbocycles. The maximum Gasteiger partial charge on any atom is 0.307 e. The molecule has 0 heterocycles. The molecule has 0 saturated heterocycles. The summed E-state index contributed by atoms with van der Waals surface area (Å²) in [5.41, 5.74) is 6.06. The van der Waals surface area contributed by atoms with Gasteiger partial charge in [-0.25, -0.2) is 0 Å². The van der Waals surface area contributed by atoms with Crippen LogP contribution in [0, 0.1) is 5.41 Å². The van der Waals surface area contributed by atoms with Crippen molar-refractivity contribution in [2.24, 2.45) is 11.1 Å². The summed E-state index contributed by atoms with van der Waals surface area (Å²) in [4.78, 5) is 13.4. The van der Waals surface area contributed by atoms with Gasteiger partial charge in [-0.2, -0.15) is 0 Å². The Morgan fingerprint density at radius 2 is 2.19 bits per heavy atom. The Morgan fingerprint density at radius 1 is 1.50 bits per heavy atom. The van der Waals surface area contributed by atoms with Crippen LogP contribution in [0.4, 0.5) is 0 Å². The van der Waals surface area contributed by atoms with Crippen molar-refractivity contribution >= 4 is 5.97 Å². The summed E-state index contributed by atoms with van der Waals surface area (Å²) in [6.07, 6.45) is 4.17. The standard InChI is InChI=1S/C12H24N2O2/c1-3-16-11(15)4-9-14(2)10-12(5-6-12)7-8-13/h3-10,13H2,1-2H3. The molecule has 0 atom stereocenters. The fraction of sp³-hybridized carbons (Fsp3) is 0.917.